The van der Waals surface area contributed by atoms with E-state index in [1.165, 1.54) is 6.20 Å². The Morgan fingerprint density at radius 1 is 1.35 bits per heavy atom. The van der Waals surface area contributed by atoms with Gasteiger partial charge in [-0.3, -0.25) is 0 Å². The van der Waals surface area contributed by atoms with Gasteiger partial charge in [-0.1, -0.05) is 11.6 Å². The molecule has 0 amide bonds. The zero-order valence-electron chi connectivity index (χ0n) is 19.1. The van der Waals surface area contributed by atoms with Gasteiger partial charge >= 0.3 is 0 Å². The van der Waals surface area contributed by atoms with E-state index in [9.17, 15) is 14.4 Å². The molecule has 3 aliphatic heterocycles. The molecule has 0 aromatic carbocycles. The van der Waals surface area contributed by atoms with E-state index in [1.807, 2.05) is 0 Å². The van der Waals surface area contributed by atoms with Crippen LogP contribution in [0.3, 0.4) is 0 Å². The van der Waals surface area contributed by atoms with Crippen LogP contribution in [-0.4, -0.2) is 82.9 Å². The monoisotopic (exact) mass is 512 g/mol. The van der Waals surface area contributed by atoms with Crippen LogP contribution >= 0.6 is 11.6 Å². The van der Waals surface area contributed by atoms with Gasteiger partial charge in [0.05, 0.1) is 52.7 Å². The average Bonchev–Trinajstić information content (AvgIpc) is 3.23. The van der Waals surface area contributed by atoms with Crippen LogP contribution in [0.4, 0.5) is 10.3 Å². The normalized spacial score (nSPS) is 34.6. The number of halogens is 2. The Morgan fingerprint density at radius 3 is 2.85 bits per heavy atom. The van der Waals surface area contributed by atoms with Crippen LogP contribution in [0.1, 0.15) is 51.1 Å². The summed E-state index contributed by atoms with van der Waals surface area (Å²) in [7, 11) is 0. The van der Waals surface area contributed by atoms with Crippen molar-refractivity contribution < 1.29 is 18.8 Å². The van der Waals surface area contributed by atoms with Crippen LogP contribution in [0, 0.1) is 5.92 Å². The molecular formula is C22H30ClFN6O3S. The topological polar surface area (TPSA) is 114 Å². The minimum atomic E-state index is -0.775. The number of aliphatic imine (C=N–C) groups is 1. The molecule has 12 heteroatoms. The first-order chi connectivity index (χ1) is 16.3. The summed E-state index contributed by atoms with van der Waals surface area (Å²) in [6.45, 7) is 4.61. The van der Waals surface area contributed by atoms with Gasteiger partial charge in [0, 0.05) is 31.5 Å². The summed E-state index contributed by atoms with van der Waals surface area (Å²) in [6, 6.07) is -0.381. The van der Waals surface area contributed by atoms with Crippen LogP contribution in [0.15, 0.2) is 22.7 Å². The van der Waals surface area contributed by atoms with E-state index in [4.69, 9.17) is 16.6 Å². The second-order valence-electron chi connectivity index (χ2n) is 9.72. The fourth-order valence-electron chi connectivity index (χ4n) is 5.89. The number of amidine groups is 1. The average molecular weight is 513 g/mol. The molecule has 3 N–H and O–H groups in total. The Balaban J connectivity index is 1.42. The molecule has 4 aliphatic rings. The van der Waals surface area contributed by atoms with Crippen molar-refractivity contribution in [3.05, 3.63) is 28.4 Å². The van der Waals surface area contributed by atoms with Gasteiger partial charge in [-0.05, 0) is 39.0 Å². The first-order valence-electron chi connectivity index (χ1n) is 11.8. The highest BCUT2D eigenvalue weighted by atomic mass is 35.5. The predicted octanol–water partition coefficient (Wildman–Crippen LogP) is 1.77. The molecule has 5 rings (SSSR count). The number of nitrogens with one attached hydrogen (secondary N) is 1. The van der Waals surface area contributed by atoms with Crippen molar-refractivity contribution in [2.45, 2.75) is 75.8 Å². The highest BCUT2D eigenvalue weighted by molar-refractivity contribution is 7.63. The molecule has 4 heterocycles. The van der Waals surface area contributed by atoms with Crippen molar-refractivity contribution in [1.29, 1.82) is 0 Å². The van der Waals surface area contributed by atoms with Crippen molar-refractivity contribution in [2.75, 3.05) is 18.4 Å². The number of aromatic nitrogens is 2. The number of thiol groups is 1. The lowest BCUT2D eigenvalue weighted by atomic mass is 9.70. The van der Waals surface area contributed by atoms with Gasteiger partial charge in [0.2, 0.25) is 5.95 Å². The number of aliphatic hydroxyl groups excluding tert-OH is 2. The van der Waals surface area contributed by atoms with Crippen LogP contribution in [0.5, 0.6) is 0 Å². The molecule has 1 aromatic rings. The smallest absolute Gasteiger partial charge is 0.223 e. The zero-order chi connectivity index (χ0) is 24.1. The van der Waals surface area contributed by atoms with Gasteiger partial charge in [0.1, 0.15) is 17.8 Å². The molecule has 0 spiro atoms. The first kappa shape index (κ1) is 24.1. The SMILES string of the molecule is C[C@@H](O)C1=NC2=C(F)CC(c3nc(N[C@@H]4CCN([SH]=O)C[C@H]4O)ncc3Cl)C3CC[C@H](C)N1C23. The van der Waals surface area contributed by atoms with E-state index in [0.717, 1.165) is 12.8 Å². The number of aliphatic hydroxyl groups is 2. The fourth-order valence-corrected chi connectivity index (χ4v) is 6.56. The molecule has 9 nitrogen and oxygen atoms in total. The maximum Gasteiger partial charge on any atom is 0.223 e. The van der Waals surface area contributed by atoms with Crippen LogP contribution in [-0.2, 0) is 11.9 Å². The van der Waals surface area contributed by atoms with E-state index in [2.05, 4.69) is 27.1 Å². The predicted molar refractivity (Wildman–Crippen MR) is 129 cm³/mol. The third kappa shape index (κ3) is 4.15. The molecule has 1 aromatic heterocycles. The van der Waals surface area contributed by atoms with Gasteiger partial charge in [-0.15, -0.1) is 0 Å². The number of hydrogen-bond donors (Lipinski definition) is 4. The molecule has 0 bridgehead atoms. The number of anilines is 1. The molecule has 7 atom stereocenters. The Kier molecular flexibility index (Phi) is 6.66. The Labute approximate surface area is 206 Å². The standard InChI is InChI=1S/C22H30ClFN6O3S/c1-10-3-4-12-13(7-15(24)19-20(12)30(10)21(27-19)11(2)31)18-14(23)8-25-22(28-18)26-16-5-6-29(34-33)9-17(16)32/h8,10-13,16-17,20,31-32,34H,3-7,9H2,1-2H3,(H,25,26,28)/t10-,11+,12?,13?,16+,17+,20?/m0/s1. The molecule has 2 saturated heterocycles. The lowest BCUT2D eigenvalue weighted by Crippen LogP contribution is -2.54. The maximum absolute atomic E-state index is 15.4. The molecule has 34 heavy (non-hydrogen) atoms. The highest BCUT2D eigenvalue weighted by Gasteiger charge is 2.51. The number of allylic oxidation sites excluding steroid dienone is 1. The summed E-state index contributed by atoms with van der Waals surface area (Å²) in [5.74, 6) is 0.372. The van der Waals surface area contributed by atoms with Gasteiger partial charge in [0.15, 0.2) is 0 Å². The molecule has 1 aliphatic carbocycles. The summed E-state index contributed by atoms with van der Waals surface area (Å²) in [5, 5.41) is 24.3. The summed E-state index contributed by atoms with van der Waals surface area (Å²) in [5.41, 5.74) is 1.02. The van der Waals surface area contributed by atoms with Crippen LogP contribution in [0.25, 0.3) is 0 Å². The quantitative estimate of drug-likeness (QED) is 0.444. The minimum absolute atomic E-state index is 0.0517. The third-order valence-corrected chi connectivity index (χ3v) is 8.44. The lowest BCUT2D eigenvalue weighted by molar-refractivity contribution is 0.0978. The van der Waals surface area contributed by atoms with E-state index in [-0.39, 0.29) is 60.6 Å². The van der Waals surface area contributed by atoms with Crippen molar-refractivity contribution in [2.24, 2.45) is 10.9 Å². The van der Waals surface area contributed by atoms with Crippen molar-refractivity contribution in [1.82, 2.24) is 19.2 Å². The Hall–Kier alpha value is -1.66. The minimum Gasteiger partial charge on any atom is -0.390 e. The van der Waals surface area contributed by atoms with Crippen LogP contribution < -0.4 is 5.32 Å². The summed E-state index contributed by atoms with van der Waals surface area (Å²) in [6.07, 6.45) is 2.53. The van der Waals surface area contributed by atoms with E-state index in [0.29, 0.717) is 41.2 Å². The van der Waals surface area contributed by atoms with Gasteiger partial charge < -0.3 is 20.4 Å². The number of hydrogen-bond acceptors (Lipinski definition) is 8. The number of nitrogens with zero attached hydrogens (tertiary/aromatic N) is 5. The summed E-state index contributed by atoms with van der Waals surface area (Å²) >= 11 is 6.45. The van der Waals surface area contributed by atoms with E-state index < -0.39 is 12.2 Å². The summed E-state index contributed by atoms with van der Waals surface area (Å²) < 4.78 is 28.1. The second kappa shape index (κ2) is 9.42. The molecule has 0 saturated carbocycles. The van der Waals surface area contributed by atoms with E-state index in [1.54, 1.807) is 11.2 Å². The highest BCUT2D eigenvalue weighted by Crippen LogP contribution is 2.52. The largest absolute Gasteiger partial charge is 0.390 e. The Bertz CT molecular complexity index is 1040. The van der Waals surface area contributed by atoms with Crippen molar-refractivity contribution in [3.8, 4) is 0 Å². The lowest BCUT2D eigenvalue weighted by Gasteiger charge is -2.47. The second-order valence-corrected chi connectivity index (χ2v) is 10.9. The first-order valence-corrected chi connectivity index (χ1v) is 12.9. The molecule has 186 valence electrons. The van der Waals surface area contributed by atoms with Crippen molar-refractivity contribution >= 4 is 35.2 Å². The number of β-amino-alcohol motifs (C(OH)–C–C–N with tert-alkyl or cyclic N) is 1. The maximum atomic E-state index is 15.4. The molecule has 2 fully saturated rings. The zero-order valence-corrected chi connectivity index (χ0v) is 20.8. The third-order valence-electron chi connectivity index (χ3n) is 7.56. The molecular weight excluding hydrogens is 483 g/mol. The number of rotatable bonds is 5. The van der Waals surface area contributed by atoms with Gasteiger partial charge in [0.25, 0.3) is 0 Å². The van der Waals surface area contributed by atoms with Gasteiger partial charge in [-0.2, -0.15) is 0 Å². The van der Waals surface area contributed by atoms with E-state index >= 15 is 4.39 Å². The van der Waals surface area contributed by atoms with Gasteiger partial charge in [-0.25, -0.2) is 27.9 Å². The van der Waals surface area contributed by atoms with Crippen LogP contribution in [0.2, 0.25) is 5.02 Å². The number of piperidine rings is 2. The fraction of sp³-hybridized carbons (Fsp3) is 0.682. The molecule has 3 unspecified atom stereocenters. The van der Waals surface area contributed by atoms with Crippen molar-refractivity contribution in [3.63, 3.8) is 0 Å². The Morgan fingerprint density at radius 2 is 2.15 bits per heavy atom. The molecule has 0 radical (unpaired) electrons. The summed E-state index contributed by atoms with van der Waals surface area (Å²) in [4.78, 5) is 15.6.